The molecule has 0 aliphatic carbocycles. The van der Waals surface area contributed by atoms with E-state index < -0.39 is 9.05 Å². The molecule has 0 aliphatic heterocycles. The zero-order valence-electron chi connectivity index (χ0n) is 11.4. The molecule has 5 nitrogen and oxygen atoms in total. The minimum absolute atomic E-state index is 0.0111. The van der Waals surface area contributed by atoms with E-state index in [1.54, 1.807) is 7.05 Å². The quantitative estimate of drug-likeness (QED) is 0.784. The molecule has 0 aromatic carbocycles. The summed E-state index contributed by atoms with van der Waals surface area (Å²) in [6.07, 6.45) is 0.864. The number of nitrogens with zero attached hydrogens (tertiary/aromatic N) is 1. The van der Waals surface area contributed by atoms with Crippen LogP contribution in [0.5, 0.6) is 0 Å². The van der Waals surface area contributed by atoms with Gasteiger partial charge in [-0.1, -0.05) is 13.8 Å². The summed E-state index contributed by atoms with van der Waals surface area (Å²) in [6, 6.07) is 1.17. The summed E-state index contributed by atoms with van der Waals surface area (Å²) in [5.41, 5.74) is 0. The van der Waals surface area contributed by atoms with E-state index in [-0.39, 0.29) is 22.3 Å². The maximum Gasteiger partial charge on any atom is 0.289 e. The average molecular weight is 308 g/mol. The first-order valence-electron chi connectivity index (χ1n) is 5.93. The molecule has 0 N–H and O–H groups in total. The molecule has 0 aliphatic rings. The molecule has 0 radical (unpaired) electrons. The number of hydrogen-bond donors (Lipinski definition) is 0. The molecule has 1 aromatic rings. The lowest BCUT2D eigenvalue weighted by atomic mass is 10.1. The van der Waals surface area contributed by atoms with Gasteiger partial charge in [-0.15, -0.1) is 0 Å². The van der Waals surface area contributed by atoms with Gasteiger partial charge in [-0.25, -0.2) is 8.42 Å². The molecular formula is C12H18ClNO4S. The van der Waals surface area contributed by atoms with Crippen LogP contribution >= 0.6 is 10.7 Å². The second-order valence-corrected chi connectivity index (χ2v) is 7.41. The summed E-state index contributed by atoms with van der Waals surface area (Å²) in [7, 11) is 3.01. The van der Waals surface area contributed by atoms with Crippen LogP contribution in [0.2, 0.25) is 0 Å². The molecule has 0 saturated heterocycles. The van der Waals surface area contributed by atoms with Crippen LogP contribution in [-0.4, -0.2) is 32.8 Å². The molecule has 19 heavy (non-hydrogen) atoms. The molecule has 0 fully saturated rings. The van der Waals surface area contributed by atoms with Gasteiger partial charge < -0.3 is 9.32 Å². The van der Waals surface area contributed by atoms with Crippen molar-refractivity contribution in [1.82, 2.24) is 4.90 Å². The summed E-state index contributed by atoms with van der Waals surface area (Å²) in [6.45, 7) is 6.17. The maximum atomic E-state index is 12.0. The molecule has 1 aromatic heterocycles. The molecule has 1 heterocycles. The van der Waals surface area contributed by atoms with E-state index in [0.29, 0.717) is 12.5 Å². The van der Waals surface area contributed by atoms with Crippen LogP contribution in [0.15, 0.2) is 15.4 Å². The number of hydrogen-bond acceptors (Lipinski definition) is 4. The Morgan fingerprint density at radius 3 is 2.47 bits per heavy atom. The zero-order chi connectivity index (χ0) is 14.8. The molecule has 0 atom stereocenters. The van der Waals surface area contributed by atoms with Crippen LogP contribution in [0.1, 0.15) is 36.6 Å². The van der Waals surface area contributed by atoms with Gasteiger partial charge in [0.25, 0.3) is 15.0 Å². The van der Waals surface area contributed by atoms with E-state index in [9.17, 15) is 13.2 Å². The smallest absolute Gasteiger partial charge is 0.289 e. The van der Waals surface area contributed by atoms with Crippen LogP contribution in [0.3, 0.4) is 0 Å². The Bertz CT molecular complexity index is 562. The summed E-state index contributed by atoms with van der Waals surface area (Å²) in [5.74, 6) is 0.237. The summed E-state index contributed by atoms with van der Waals surface area (Å²) in [4.78, 5) is 13.4. The van der Waals surface area contributed by atoms with Crippen LogP contribution in [0, 0.1) is 12.8 Å². The summed E-state index contributed by atoms with van der Waals surface area (Å²) >= 11 is 0. The first-order valence-corrected chi connectivity index (χ1v) is 8.24. The van der Waals surface area contributed by atoms with Crippen molar-refractivity contribution in [3.05, 3.63) is 17.6 Å². The molecule has 1 rings (SSSR count). The summed E-state index contributed by atoms with van der Waals surface area (Å²) < 4.78 is 27.7. The Morgan fingerprint density at radius 2 is 2.05 bits per heavy atom. The zero-order valence-corrected chi connectivity index (χ0v) is 13.0. The van der Waals surface area contributed by atoms with Crippen molar-refractivity contribution in [1.29, 1.82) is 0 Å². The fraction of sp³-hybridized carbons (Fsp3) is 0.583. The van der Waals surface area contributed by atoms with Gasteiger partial charge in [0.1, 0.15) is 10.7 Å². The lowest BCUT2D eigenvalue weighted by Crippen LogP contribution is -2.28. The summed E-state index contributed by atoms with van der Waals surface area (Å²) in [5, 5.41) is 0. The van der Waals surface area contributed by atoms with Crippen LogP contribution < -0.4 is 0 Å². The van der Waals surface area contributed by atoms with Crippen molar-refractivity contribution in [2.24, 2.45) is 5.92 Å². The van der Waals surface area contributed by atoms with Crippen molar-refractivity contribution in [3.63, 3.8) is 0 Å². The number of amides is 1. The Hall–Kier alpha value is -1.01. The maximum absolute atomic E-state index is 12.0. The number of furan rings is 1. The van der Waals surface area contributed by atoms with Gasteiger partial charge in [0.05, 0.1) is 0 Å². The number of carbonyl (C=O) groups is 1. The van der Waals surface area contributed by atoms with Gasteiger partial charge in [-0.3, -0.25) is 4.79 Å². The highest BCUT2D eigenvalue weighted by atomic mass is 35.7. The van der Waals surface area contributed by atoms with Crippen molar-refractivity contribution in [2.45, 2.75) is 32.1 Å². The monoisotopic (exact) mass is 307 g/mol. The third-order valence-corrected chi connectivity index (χ3v) is 4.16. The fourth-order valence-corrected chi connectivity index (χ4v) is 2.65. The normalized spacial score (nSPS) is 11.9. The lowest BCUT2D eigenvalue weighted by Gasteiger charge is -2.16. The van der Waals surface area contributed by atoms with Crippen LogP contribution in [0.4, 0.5) is 0 Å². The first-order chi connectivity index (χ1) is 8.62. The van der Waals surface area contributed by atoms with E-state index >= 15 is 0 Å². The van der Waals surface area contributed by atoms with Crippen molar-refractivity contribution in [2.75, 3.05) is 13.6 Å². The molecule has 108 valence electrons. The van der Waals surface area contributed by atoms with Crippen LogP contribution in [0.25, 0.3) is 0 Å². The van der Waals surface area contributed by atoms with E-state index in [0.717, 1.165) is 6.42 Å². The molecular weight excluding hydrogens is 290 g/mol. The Labute approximate surface area is 117 Å². The topological polar surface area (TPSA) is 67.6 Å². The predicted octanol–water partition coefficient (Wildman–Crippen LogP) is 2.63. The highest BCUT2D eigenvalue weighted by molar-refractivity contribution is 8.13. The third-order valence-electron chi connectivity index (χ3n) is 2.73. The predicted molar refractivity (Wildman–Crippen MR) is 72.9 cm³/mol. The number of halogens is 1. The van der Waals surface area contributed by atoms with E-state index in [4.69, 9.17) is 15.1 Å². The minimum Gasteiger partial charge on any atom is -0.455 e. The van der Waals surface area contributed by atoms with Crippen molar-refractivity contribution >= 4 is 25.6 Å². The van der Waals surface area contributed by atoms with E-state index in [2.05, 4.69) is 13.8 Å². The Kier molecular flexibility index (Phi) is 5.04. The molecule has 0 saturated carbocycles. The van der Waals surface area contributed by atoms with Crippen LogP contribution in [-0.2, 0) is 9.05 Å². The number of aryl methyl sites for hydroxylation is 1. The highest BCUT2D eigenvalue weighted by Gasteiger charge is 2.23. The second-order valence-electron chi connectivity index (χ2n) is 4.88. The van der Waals surface area contributed by atoms with Gasteiger partial charge in [0, 0.05) is 30.3 Å². The van der Waals surface area contributed by atoms with Gasteiger partial charge in [0.15, 0.2) is 5.76 Å². The van der Waals surface area contributed by atoms with Gasteiger partial charge in [-0.05, 0) is 19.3 Å². The third kappa shape index (κ3) is 4.24. The van der Waals surface area contributed by atoms with Crippen molar-refractivity contribution in [3.8, 4) is 0 Å². The fourth-order valence-electron chi connectivity index (χ4n) is 1.55. The van der Waals surface area contributed by atoms with E-state index in [1.807, 2.05) is 0 Å². The van der Waals surface area contributed by atoms with Gasteiger partial charge in [-0.2, -0.15) is 0 Å². The Morgan fingerprint density at radius 1 is 1.47 bits per heavy atom. The lowest BCUT2D eigenvalue weighted by molar-refractivity contribution is 0.0756. The molecule has 0 bridgehead atoms. The SMILES string of the molecule is Cc1oc(C(=O)N(C)CCC(C)C)cc1S(=O)(=O)Cl. The first kappa shape index (κ1) is 16.0. The largest absolute Gasteiger partial charge is 0.455 e. The second kappa shape index (κ2) is 5.96. The van der Waals surface area contributed by atoms with Gasteiger partial charge >= 0.3 is 0 Å². The molecule has 0 spiro atoms. The molecule has 0 unspecified atom stereocenters. The number of carbonyl (C=O) groups excluding carboxylic acids is 1. The highest BCUT2D eigenvalue weighted by Crippen LogP contribution is 2.24. The van der Waals surface area contributed by atoms with Crippen molar-refractivity contribution < 1.29 is 17.6 Å². The van der Waals surface area contributed by atoms with E-state index in [1.165, 1.54) is 17.9 Å². The molecule has 7 heteroatoms. The minimum atomic E-state index is -3.89. The number of rotatable bonds is 5. The standard InChI is InChI=1S/C12H18ClNO4S/c1-8(2)5-6-14(4)12(15)10-7-11(9(3)18-10)19(13,16)17/h7-8H,5-6H2,1-4H3. The Balaban J connectivity index is 2.90. The molecule has 1 amide bonds. The van der Waals surface area contributed by atoms with Gasteiger partial charge in [0.2, 0.25) is 0 Å². The average Bonchev–Trinajstić information content (AvgIpc) is 2.66.